The Morgan fingerprint density at radius 2 is 2.07 bits per heavy atom. The van der Waals surface area contributed by atoms with Crippen molar-refractivity contribution in [1.82, 2.24) is 0 Å². The maximum absolute atomic E-state index is 5.79. The summed E-state index contributed by atoms with van der Waals surface area (Å²) in [6.07, 6.45) is 1.15. The molecule has 0 spiro atoms. The fourth-order valence-electron chi connectivity index (χ4n) is 1.87. The predicted octanol–water partition coefficient (Wildman–Crippen LogP) is 2.21. The van der Waals surface area contributed by atoms with Gasteiger partial charge in [-0.15, -0.1) is 0 Å². The molecule has 1 heterocycles. The zero-order valence-electron chi connectivity index (χ0n) is 8.57. The lowest BCUT2D eigenvalue weighted by atomic mass is 9.96. The van der Waals surface area contributed by atoms with Crippen LogP contribution >= 0.6 is 0 Å². The Balaban J connectivity index is 2.12. The fraction of sp³-hybridized carbons (Fsp3) is 0.500. The van der Waals surface area contributed by atoms with Gasteiger partial charge in [0.1, 0.15) is 0 Å². The first-order valence-corrected chi connectivity index (χ1v) is 5.20. The first-order valence-electron chi connectivity index (χ1n) is 5.20. The van der Waals surface area contributed by atoms with Crippen molar-refractivity contribution in [2.45, 2.75) is 25.3 Å². The Hall–Kier alpha value is -0.860. The van der Waals surface area contributed by atoms with E-state index in [1.807, 2.05) is 6.92 Å². The van der Waals surface area contributed by atoms with Gasteiger partial charge in [-0.05, 0) is 24.5 Å². The maximum Gasteiger partial charge on any atom is 0.0535 e. The molecule has 1 aromatic carbocycles. The Bertz CT molecular complexity index is 286. The van der Waals surface area contributed by atoms with Crippen LogP contribution in [-0.2, 0) is 4.74 Å². The molecule has 0 aromatic heterocycles. The third-order valence-corrected chi connectivity index (χ3v) is 2.86. The summed E-state index contributed by atoms with van der Waals surface area (Å²) in [5.41, 5.74) is 8.38. The molecule has 76 valence electrons. The van der Waals surface area contributed by atoms with Crippen molar-refractivity contribution in [2.24, 2.45) is 5.73 Å². The molecule has 0 bridgehead atoms. The van der Waals surface area contributed by atoms with Gasteiger partial charge >= 0.3 is 0 Å². The second-order valence-corrected chi connectivity index (χ2v) is 4.02. The molecule has 0 amide bonds. The van der Waals surface area contributed by atoms with Crippen molar-refractivity contribution in [2.75, 3.05) is 13.2 Å². The van der Waals surface area contributed by atoms with Crippen molar-refractivity contribution < 1.29 is 4.74 Å². The van der Waals surface area contributed by atoms with Crippen molar-refractivity contribution in [3.05, 3.63) is 35.4 Å². The van der Waals surface area contributed by atoms with Crippen LogP contribution in [0.1, 0.15) is 36.4 Å². The zero-order chi connectivity index (χ0) is 9.97. The summed E-state index contributed by atoms with van der Waals surface area (Å²) in [6.45, 7) is 3.78. The van der Waals surface area contributed by atoms with Gasteiger partial charge in [0.15, 0.2) is 0 Å². The van der Waals surface area contributed by atoms with E-state index in [1.165, 1.54) is 11.1 Å². The minimum Gasteiger partial charge on any atom is -0.381 e. The normalized spacial score (nSPS) is 23.7. The van der Waals surface area contributed by atoms with Crippen molar-refractivity contribution >= 4 is 0 Å². The van der Waals surface area contributed by atoms with E-state index in [0.29, 0.717) is 5.92 Å². The monoisotopic (exact) mass is 191 g/mol. The van der Waals surface area contributed by atoms with Crippen LogP contribution in [0.4, 0.5) is 0 Å². The van der Waals surface area contributed by atoms with E-state index in [-0.39, 0.29) is 6.04 Å². The quantitative estimate of drug-likeness (QED) is 0.777. The second kappa shape index (κ2) is 4.11. The maximum atomic E-state index is 5.79. The summed E-state index contributed by atoms with van der Waals surface area (Å²) < 4.78 is 5.36. The average molecular weight is 191 g/mol. The van der Waals surface area contributed by atoms with Crippen LogP contribution in [0.25, 0.3) is 0 Å². The van der Waals surface area contributed by atoms with Gasteiger partial charge in [0, 0.05) is 18.6 Å². The van der Waals surface area contributed by atoms with Crippen molar-refractivity contribution in [3.63, 3.8) is 0 Å². The van der Waals surface area contributed by atoms with Crippen LogP contribution in [0, 0.1) is 0 Å². The van der Waals surface area contributed by atoms with Crippen molar-refractivity contribution in [3.8, 4) is 0 Å². The van der Waals surface area contributed by atoms with Gasteiger partial charge in [0.25, 0.3) is 0 Å². The van der Waals surface area contributed by atoms with Gasteiger partial charge < -0.3 is 10.5 Å². The second-order valence-electron chi connectivity index (χ2n) is 4.02. The molecule has 14 heavy (non-hydrogen) atoms. The van der Waals surface area contributed by atoms with E-state index in [0.717, 1.165) is 19.6 Å². The molecule has 1 saturated heterocycles. The summed E-state index contributed by atoms with van der Waals surface area (Å²) in [6, 6.07) is 8.73. The minimum atomic E-state index is 0.129. The van der Waals surface area contributed by atoms with E-state index in [1.54, 1.807) is 0 Å². The fourth-order valence-corrected chi connectivity index (χ4v) is 1.87. The van der Waals surface area contributed by atoms with Gasteiger partial charge in [-0.3, -0.25) is 0 Å². The van der Waals surface area contributed by atoms with Crippen LogP contribution in [0.3, 0.4) is 0 Å². The topological polar surface area (TPSA) is 35.2 Å². The number of ether oxygens (including phenoxy) is 1. The standard InChI is InChI=1S/C12H17NO/c1-9(13)10-2-4-11(5-3-10)12-6-7-14-8-12/h2-5,9,12H,6-8,13H2,1H3. The summed E-state index contributed by atoms with van der Waals surface area (Å²) in [7, 11) is 0. The van der Waals surface area contributed by atoms with E-state index < -0.39 is 0 Å². The van der Waals surface area contributed by atoms with Gasteiger partial charge in [-0.1, -0.05) is 24.3 Å². The first-order chi connectivity index (χ1) is 6.77. The molecule has 2 nitrogen and oxygen atoms in total. The number of benzene rings is 1. The van der Waals surface area contributed by atoms with Crippen LogP contribution in [0.5, 0.6) is 0 Å². The number of hydrogen-bond acceptors (Lipinski definition) is 2. The van der Waals surface area contributed by atoms with Crippen molar-refractivity contribution in [1.29, 1.82) is 0 Å². The lowest BCUT2D eigenvalue weighted by Gasteiger charge is -2.10. The number of rotatable bonds is 2. The molecule has 2 unspecified atom stereocenters. The lowest BCUT2D eigenvalue weighted by Crippen LogP contribution is -2.05. The number of nitrogens with two attached hydrogens (primary N) is 1. The van der Waals surface area contributed by atoms with Gasteiger partial charge in [-0.25, -0.2) is 0 Å². The molecule has 0 radical (unpaired) electrons. The summed E-state index contributed by atoms with van der Waals surface area (Å²) in [4.78, 5) is 0. The van der Waals surface area contributed by atoms with E-state index in [4.69, 9.17) is 10.5 Å². The largest absolute Gasteiger partial charge is 0.381 e. The molecule has 1 fully saturated rings. The molecule has 2 atom stereocenters. The van der Waals surface area contributed by atoms with E-state index in [2.05, 4.69) is 24.3 Å². The molecular weight excluding hydrogens is 174 g/mol. The lowest BCUT2D eigenvalue weighted by molar-refractivity contribution is 0.194. The molecule has 0 saturated carbocycles. The average Bonchev–Trinajstić information content (AvgIpc) is 2.71. The Morgan fingerprint density at radius 1 is 1.36 bits per heavy atom. The van der Waals surface area contributed by atoms with Crippen LogP contribution < -0.4 is 5.73 Å². The highest BCUT2D eigenvalue weighted by Crippen LogP contribution is 2.25. The Morgan fingerprint density at radius 3 is 2.57 bits per heavy atom. The Labute approximate surface area is 85.1 Å². The summed E-state index contributed by atoms with van der Waals surface area (Å²) >= 11 is 0. The third-order valence-electron chi connectivity index (χ3n) is 2.86. The molecule has 1 aromatic rings. The van der Waals surface area contributed by atoms with Gasteiger partial charge in [0.2, 0.25) is 0 Å². The molecule has 0 aliphatic carbocycles. The molecule has 1 aliphatic rings. The highest BCUT2D eigenvalue weighted by Gasteiger charge is 2.17. The van der Waals surface area contributed by atoms with E-state index >= 15 is 0 Å². The predicted molar refractivity (Wildman–Crippen MR) is 57.2 cm³/mol. The van der Waals surface area contributed by atoms with Gasteiger partial charge in [-0.2, -0.15) is 0 Å². The smallest absolute Gasteiger partial charge is 0.0535 e. The minimum absolute atomic E-state index is 0.129. The first kappa shape index (κ1) is 9.69. The SMILES string of the molecule is CC(N)c1ccc(C2CCOC2)cc1. The molecule has 2 N–H and O–H groups in total. The Kier molecular flexibility index (Phi) is 2.85. The zero-order valence-corrected chi connectivity index (χ0v) is 8.57. The highest BCUT2D eigenvalue weighted by molar-refractivity contribution is 5.27. The van der Waals surface area contributed by atoms with Crippen LogP contribution in [-0.4, -0.2) is 13.2 Å². The van der Waals surface area contributed by atoms with Crippen LogP contribution in [0.15, 0.2) is 24.3 Å². The molecular formula is C12H17NO. The molecule has 1 aliphatic heterocycles. The molecule has 2 heteroatoms. The van der Waals surface area contributed by atoms with Gasteiger partial charge in [0.05, 0.1) is 6.61 Å². The molecule has 2 rings (SSSR count). The van der Waals surface area contributed by atoms with E-state index in [9.17, 15) is 0 Å². The summed E-state index contributed by atoms with van der Waals surface area (Å²) in [5, 5.41) is 0. The third kappa shape index (κ3) is 1.97. The highest BCUT2D eigenvalue weighted by atomic mass is 16.5. The summed E-state index contributed by atoms with van der Waals surface area (Å²) in [5.74, 6) is 0.595. The van der Waals surface area contributed by atoms with Crippen LogP contribution in [0.2, 0.25) is 0 Å². The number of hydrogen-bond donors (Lipinski definition) is 1.